The Kier molecular flexibility index (Phi) is 4.76. The maximum Gasteiger partial charge on any atom is 0.249 e. The van der Waals surface area contributed by atoms with Gasteiger partial charge >= 0.3 is 0 Å². The summed E-state index contributed by atoms with van der Waals surface area (Å²) in [5.74, 6) is 0.469. The molecule has 0 aliphatic heterocycles. The zero-order valence-corrected chi connectivity index (χ0v) is 12.4. The van der Waals surface area contributed by atoms with Crippen LogP contribution in [-0.4, -0.2) is 13.0 Å². The summed E-state index contributed by atoms with van der Waals surface area (Å²) in [5.41, 5.74) is 6.97. The van der Waals surface area contributed by atoms with Crippen molar-refractivity contribution in [3.05, 3.63) is 51.7 Å². The van der Waals surface area contributed by atoms with Crippen LogP contribution in [0.15, 0.2) is 35.7 Å². The van der Waals surface area contributed by atoms with Crippen LogP contribution in [0.5, 0.6) is 5.75 Å². The monoisotopic (exact) mass is 290 g/mol. The Morgan fingerprint density at radius 3 is 2.90 bits per heavy atom. The van der Waals surface area contributed by atoms with E-state index in [1.165, 1.54) is 11.3 Å². The number of thiophene rings is 1. The van der Waals surface area contributed by atoms with Gasteiger partial charge in [0.25, 0.3) is 0 Å². The van der Waals surface area contributed by atoms with Gasteiger partial charge in [0.15, 0.2) is 0 Å². The van der Waals surface area contributed by atoms with Crippen molar-refractivity contribution in [1.29, 1.82) is 0 Å². The summed E-state index contributed by atoms with van der Waals surface area (Å²) < 4.78 is 5.22. The molecule has 0 bridgehead atoms. The van der Waals surface area contributed by atoms with Gasteiger partial charge in [-0.3, -0.25) is 4.79 Å². The van der Waals surface area contributed by atoms with Crippen LogP contribution >= 0.6 is 11.3 Å². The second-order valence-corrected chi connectivity index (χ2v) is 5.54. The number of ether oxygens (including phenoxy) is 1. The van der Waals surface area contributed by atoms with Gasteiger partial charge in [-0.05, 0) is 30.7 Å². The van der Waals surface area contributed by atoms with Crippen LogP contribution in [0.2, 0.25) is 0 Å². The number of nitrogens with two attached hydrogens (primary N) is 1. The van der Waals surface area contributed by atoms with E-state index in [4.69, 9.17) is 10.5 Å². The molecule has 0 aliphatic carbocycles. The maximum atomic E-state index is 11.0. The average Bonchev–Trinajstić information content (AvgIpc) is 2.94. The van der Waals surface area contributed by atoms with Crippen molar-refractivity contribution in [1.82, 2.24) is 5.32 Å². The molecule has 0 aliphatic rings. The molecular weight excluding hydrogens is 272 g/mol. The van der Waals surface area contributed by atoms with Gasteiger partial charge in [-0.1, -0.05) is 12.1 Å². The Bertz CT molecular complexity index is 595. The van der Waals surface area contributed by atoms with Gasteiger partial charge in [-0.25, -0.2) is 0 Å². The van der Waals surface area contributed by atoms with Crippen LogP contribution in [0.25, 0.3) is 0 Å². The molecule has 4 nitrogen and oxygen atoms in total. The second kappa shape index (κ2) is 6.54. The molecule has 2 aromatic rings. The molecule has 1 heterocycles. The molecule has 106 valence electrons. The summed E-state index contributed by atoms with van der Waals surface area (Å²) in [6.45, 7) is 2.80. The lowest BCUT2D eigenvalue weighted by Crippen LogP contribution is -2.17. The quantitative estimate of drug-likeness (QED) is 0.859. The van der Waals surface area contributed by atoms with Crippen LogP contribution in [0.4, 0.5) is 0 Å². The lowest BCUT2D eigenvalue weighted by atomic mass is 10.1. The van der Waals surface area contributed by atoms with Crippen molar-refractivity contribution >= 4 is 17.2 Å². The summed E-state index contributed by atoms with van der Waals surface area (Å²) in [4.78, 5) is 12.1. The Morgan fingerprint density at radius 1 is 1.45 bits per heavy atom. The van der Waals surface area contributed by atoms with Crippen molar-refractivity contribution < 1.29 is 9.53 Å². The fourth-order valence-corrected chi connectivity index (χ4v) is 2.71. The van der Waals surface area contributed by atoms with Crippen molar-refractivity contribution in [2.75, 3.05) is 7.11 Å². The van der Waals surface area contributed by atoms with Crippen molar-refractivity contribution in [3.8, 4) is 5.75 Å². The molecular formula is C15H18N2O2S. The van der Waals surface area contributed by atoms with E-state index >= 15 is 0 Å². The van der Waals surface area contributed by atoms with Crippen molar-refractivity contribution in [2.24, 2.45) is 5.73 Å². The number of carbonyl (C=O) groups is 1. The van der Waals surface area contributed by atoms with E-state index in [0.29, 0.717) is 12.1 Å². The first-order valence-corrected chi connectivity index (χ1v) is 7.22. The fraction of sp³-hybridized carbons (Fsp3) is 0.267. The predicted octanol–water partition coefficient (Wildman–Crippen LogP) is 2.71. The van der Waals surface area contributed by atoms with Crippen LogP contribution in [0.1, 0.15) is 33.8 Å². The van der Waals surface area contributed by atoms with Gasteiger partial charge in [0.05, 0.1) is 12.7 Å². The van der Waals surface area contributed by atoms with E-state index in [9.17, 15) is 4.79 Å². The maximum absolute atomic E-state index is 11.0. The summed E-state index contributed by atoms with van der Waals surface area (Å²) in [7, 11) is 1.66. The van der Waals surface area contributed by atoms with Crippen LogP contribution < -0.4 is 15.8 Å². The third-order valence-electron chi connectivity index (χ3n) is 3.11. The number of rotatable bonds is 6. The topological polar surface area (TPSA) is 64.3 Å². The normalized spacial score (nSPS) is 12.1. The molecule has 3 N–H and O–H groups in total. The Morgan fingerprint density at radius 2 is 2.25 bits per heavy atom. The summed E-state index contributed by atoms with van der Waals surface area (Å²) in [6, 6.07) is 10.0. The van der Waals surface area contributed by atoms with E-state index in [2.05, 4.69) is 18.3 Å². The molecule has 0 saturated heterocycles. The highest BCUT2D eigenvalue weighted by Crippen LogP contribution is 2.20. The molecule has 1 atom stereocenters. The van der Waals surface area contributed by atoms with E-state index < -0.39 is 0 Å². The third kappa shape index (κ3) is 3.59. The number of hydrogen-bond acceptors (Lipinski definition) is 4. The molecule has 5 heteroatoms. The molecule has 0 saturated carbocycles. The van der Waals surface area contributed by atoms with E-state index in [0.717, 1.165) is 16.2 Å². The van der Waals surface area contributed by atoms with Crippen molar-refractivity contribution in [3.63, 3.8) is 0 Å². The third-order valence-corrected chi connectivity index (χ3v) is 4.05. The number of benzene rings is 1. The van der Waals surface area contributed by atoms with Gasteiger partial charge < -0.3 is 15.8 Å². The number of primary amides is 1. The lowest BCUT2D eigenvalue weighted by molar-refractivity contribution is 0.100. The molecule has 0 spiro atoms. The number of hydrogen-bond donors (Lipinski definition) is 2. The largest absolute Gasteiger partial charge is 0.497 e. The first-order chi connectivity index (χ1) is 9.60. The van der Waals surface area contributed by atoms with Gasteiger partial charge in [0, 0.05) is 22.8 Å². The molecule has 1 aromatic carbocycles. The first-order valence-electron chi connectivity index (χ1n) is 6.34. The Balaban J connectivity index is 1.96. The smallest absolute Gasteiger partial charge is 0.249 e. The van der Waals surface area contributed by atoms with E-state index in [1.807, 2.05) is 24.3 Å². The average molecular weight is 290 g/mol. The second-order valence-electron chi connectivity index (χ2n) is 4.55. The van der Waals surface area contributed by atoms with Crippen molar-refractivity contribution in [2.45, 2.75) is 19.5 Å². The van der Waals surface area contributed by atoms with Crippen LogP contribution in [0.3, 0.4) is 0 Å². The summed E-state index contributed by atoms with van der Waals surface area (Å²) >= 11 is 1.53. The Labute approximate surface area is 122 Å². The summed E-state index contributed by atoms with van der Waals surface area (Å²) in [6.07, 6.45) is 0. The molecule has 0 fully saturated rings. The number of nitrogens with one attached hydrogen (secondary N) is 1. The molecule has 1 aromatic heterocycles. The Hall–Kier alpha value is -1.85. The zero-order valence-electron chi connectivity index (χ0n) is 11.6. The minimum absolute atomic E-state index is 0.198. The molecule has 20 heavy (non-hydrogen) atoms. The van der Waals surface area contributed by atoms with E-state index in [-0.39, 0.29) is 11.9 Å². The molecule has 0 unspecified atom stereocenters. The number of carbonyl (C=O) groups excluding carboxylic acids is 1. The highest BCUT2D eigenvalue weighted by atomic mass is 32.1. The van der Waals surface area contributed by atoms with Crippen LogP contribution in [0, 0.1) is 0 Å². The first kappa shape index (κ1) is 14.6. The molecule has 0 radical (unpaired) electrons. The SMILES string of the molecule is COc1cccc([C@H](C)NCc2cc(C(N)=O)cs2)c1. The summed E-state index contributed by atoms with van der Waals surface area (Å²) in [5, 5.41) is 5.21. The van der Waals surface area contributed by atoms with Gasteiger partial charge in [-0.15, -0.1) is 11.3 Å². The highest BCUT2D eigenvalue weighted by Gasteiger charge is 2.08. The minimum Gasteiger partial charge on any atom is -0.497 e. The molecule has 1 amide bonds. The minimum atomic E-state index is -0.381. The van der Waals surface area contributed by atoms with Gasteiger partial charge in [-0.2, -0.15) is 0 Å². The highest BCUT2D eigenvalue weighted by molar-refractivity contribution is 7.10. The van der Waals surface area contributed by atoms with Crippen LogP contribution in [-0.2, 0) is 6.54 Å². The van der Waals surface area contributed by atoms with E-state index in [1.54, 1.807) is 12.5 Å². The molecule has 2 rings (SSSR count). The zero-order chi connectivity index (χ0) is 14.5. The standard InChI is InChI=1S/C15H18N2O2S/c1-10(11-4-3-5-13(6-11)19-2)17-8-14-7-12(9-20-14)15(16)18/h3-7,9-10,17H,8H2,1-2H3,(H2,16,18)/t10-/m0/s1. The van der Waals surface area contributed by atoms with Gasteiger partial charge in [0.1, 0.15) is 5.75 Å². The fourth-order valence-electron chi connectivity index (χ4n) is 1.88. The lowest BCUT2D eigenvalue weighted by Gasteiger charge is -2.14. The number of methoxy groups -OCH3 is 1. The number of amides is 1. The predicted molar refractivity (Wildman–Crippen MR) is 81.1 cm³/mol. The van der Waals surface area contributed by atoms with Gasteiger partial charge in [0.2, 0.25) is 5.91 Å².